The molecule has 0 radical (unpaired) electrons. The maximum Gasteiger partial charge on any atom is 0.379 e. The van der Waals surface area contributed by atoms with Gasteiger partial charge in [-0.05, 0) is 87.2 Å². The molecule has 13 heteroatoms. The first kappa shape index (κ1) is 43.6. The van der Waals surface area contributed by atoms with Crippen LogP contribution >= 0.6 is 0 Å². The summed E-state index contributed by atoms with van der Waals surface area (Å²) in [5.41, 5.74) is 8.30. The lowest BCUT2D eigenvalue weighted by atomic mass is 10.0. The number of aromatic nitrogens is 2. The number of amides is 1. The third-order valence-electron chi connectivity index (χ3n) is 7.37. The Balaban J connectivity index is 0.000000333. The molecule has 0 spiro atoms. The van der Waals surface area contributed by atoms with Crippen molar-refractivity contribution in [1.82, 2.24) is 14.5 Å². The highest BCUT2D eigenvalue weighted by atomic mass is 19.1. The number of esters is 1. The van der Waals surface area contributed by atoms with E-state index < -0.39 is 23.4 Å². The molecule has 53 heavy (non-hydrogen) atoms. The zero-order valence-corrected chi connectivity index (χ0v) is 31.6. The van der Waals surface area contributed by atoms with E-state index in [1.54, 1.807) is 73.0 Å². The molecule has 0 fully saturated rings. The van der Waals surface area contributed by atoms with Crippen LogP contribution in [0.3, 0.4) is 0 Å². The van der Waals surface area contributed by atoms with Crippen molar-refractivity contribution < 1.29 is 42.3 Å². The molecule has 284 valence electrons. The Morgan fingerprint density at radius 3 is 1.47 bits per heavy atom. The van der Waals surface area contributed by atoms with Crippen molar-refractivity contribution >= 4 is 35.0 Å². The van der Waals surface area contributed by atoms with E-state index in [0.717, 1.165) is 0 Å². The fraction of sp³-hybridized carbons (Fsp3) is 0.350. The van der Waals surface area contributed by atoms with Crippen LogP contribution in [0.4, 0.5) is 8.78 Å². The number of Topliss-reactive ketones (excluding diaryl/α,β-unsaturated/α-hetero) is 4. The van der Waals surface area contributed by atoms with E-state index in [1.165, 1.54) is 45.8 Å². The fourth-order valence-corrected chi connectivity index (χ4v) is 4.89. The zero-order valence-electron chi connectivity index (χ0n) is 31.6. The lowest BCUT2D eigenvalue weighted by molar-refractivity contribution is -0.137. The minimum absolute atomic E-state index is 0.0754. The predicted molar refractivity (Wildman–Crippen MR) is 197 cm³/mol. The van der Waals surface area contributed by atoms with Crippen LogP contribution in [0.2, 0.25) is 0 Å². The molecule has 2 aromatic carbocycles. The largest absolute Gasteiger partial charge is 0.460 e. The van der Waals surface area contributed by atoms with Crippen molar-refractivity contribution in [2.45, 2.75) is 73.4 Å². The summed E-state index contributed by atoms with van der Waals surface area (Å²) in [6, 6.07) is 12.0. The highest BCUT2D eigenvalue weighted by Crippen LogP contribution is 2.17. The van der Waals surface area contributed by atoms with Crippen LogP contribution in [0, 0.1) is 25.5 Å². The molecular formula is C40H48F2N4O7. The molecule has 4 aromatic rings. The van der Waals surface area contributed by atoms with Gasteiger partial charge in [0.1, 0.15) is 11.6 Å². The van der Waals surface area contributed by atoms with Crippen LogP contribution in [-0.4, -0.2) is 62.8 Å². The molecule has 0 unspecified atom stereocenters. The molecular weight excluding hydrogens is 686 g/mol. The quantitative estimate of drug-likeness (QED) is 0.108. The second-order valence-corrected chi connectivity index (χ2v) is 13.1. The summed E-state index contributed by atoms with van der Waals surface area (Å²) in [6.07, 6.45) is 3.05. The van der Waals surface area contributed by atoms with Crippen molar-refractivity contribution in [3.8, 4) is 0 Å². The molecule has 0 aliphatic rings. The van der Waals surface area contributed by atoms with E-state index in [9.17, 15) is 37.5 Å². The van der Waals surface area contributed by atoms with Crippen molar-refractivity contribution in [2.75, 3.05) is 6.61 Å². The molecule has 0 aliphatic carbocycles. The zero-order chi connectivity index (χ0) is 40.2. The number of carbonyl (C=O) groups excluding carboxylic acids is 6. The number of hydrogen-bond acceptors (Lipinski definition) is 8. The minimum atomic E-state index is -0.948. The number of ether oxygens (including phenoxy) is 1. The fourth-order valence-electron chi connectivity index (χ4n) is 4.89. The van der Waals surface area contributed by atoms with Gasteiger partial charge in [0.15, 0.2) is 11.6 Å². The Morgan fingerprint density at radius 2 is 1.11 bits per heavy atom. The standard InChI is InChI=1S/C19H21FN2O3.C18H18FNO4.C3H9N/c1-11(2)21-19(25)18(24)14-9-16(22(4)10-14)17(23)8-13-5-6-15(20)12(3)7-13;1-4-24-18(23)17(22)13-9-15(20(3)10-13)16(21)8-12-5-6-14(19)11(2)7-12;1-3(2)4/h5-7,9-11H,8H2,1-4H3,(H,21,25);5-7,9-10H,4,8H2,1-3H3;3H,4H2,1-2H3. The van der Waals surface area contributed by atoms with E-state index in [-0.39, 0.29) is 59.8 Å². The summed E-state index contributed by atoms with van der Waals surface area (Å²) < 4.78 is 34.3. The third-order valence-corrected chi connectivity index (χ3v) is 7.37. The first-order valence-electron chi connectivity index (χ1n) is 17.0. The molecule has 11 nitrogen and oxygen atoms in total. The number of nitrogens with two attached hydrogens (primary N) is 1. The summed E-state index contributed by atoms with van der Waals surface area (Å²) in [5.74, 6) is -4.20. The molecule has 0 saturated carbocycles. The third kappa shape index (κ3) is 13.2. The van der Waals surface area contributed by atoms with E-state index in [1.807, 2.05) is 13.8 Å². The number of rotatable bonds is 12. The summed E-state index contributed by atoms with van der Waals surface area (Å²) >= 11 is 0. The monoisotopic (exact) mass is 734 g/mol. The van der Waals surface area contributed by atoms with Crippen molar-refractivity contribution in [3.05, 3.63) is 117 Å². The summed E-state index contributed by atoms with van der Waals surface area (Å²) in [5, 5.41) is 2.53. The second kappa shape index (κ2) is 19.9. The molecule has 2 heterocycles. The molecule has 3 N–H and O–H groups in total. The molecule has 0 bridgehead atoms. The van der Waals surface area contributed by atoms with Gasteiger partial charge in [-0.25, -0.2) is 13.6 Å². The maximum absolute atomic E-state index is 13.3. The van der Waals surface area contributed by atoms with Gasteiger partial charge in [-0.3, -0.25) is 24.0 Å². The predicted octanol–water partition coefficient (Wildman–Crippen LogP) is 5.60. The van der Waals surface area contributed by atoms with Crippen LogP contribution in [0.25, 0.3) is 0 Å². The van der Waals surface area contributed by atoms with Crippen molar-refractivity contribution in [2.24, 2.45) is 19.8 Å². The maximum atomic E-state index is 13.3. The Hall–Kier alpha value is -5.56. The van der Waals surface area contributed by atoms with Gasteiger partial charge < -0.3 is 24.9 Å². The van der Waals surface area contributed by atoms with Crippen LogP contribution < -0.4 is 11.1 Å². The van der Waals surface area contributed by atoms with Crippen LogP contribution in [0.1, 0.15) is 98.6 Å². The number of halogens is 2. The highest BCUT2D eigenvalue weighted by molar-refractivity contribution is 6.43. The number of aryl methyl sites for hydroxylation is 4. The lowest BCUT2D eigenvalue weighted by Gasteiger charge is -2.05. The van der Waals surface area contributed by atoms with E-state index in [2.05, 4.69) is 10.1 Å². The number of ketones is 4. The molecule has 0 saturated heterocycles. The average Bonchev–Trinajstić information content (AvgIpc) is 3.66. The van der Waals surface area contributed by atoms with Gasteiger partial charge in [-0.1, -0.05) is 38.1 Å². The van der Waals surface area contributed by atoms with Gasteiger partial charge in [-0.2, -0.15) is 0 Å². The van der Waals surface area contributed by atoms with Gasteiger partial charge in [0.2, 0.25) is 0 Å². The van der Waals surface area contributed by atoms with Gasteiger partial charge in [0, 0.05) is 56.5 Å². The van der Waals surface area contributed by atoms with Crippen LogP contribution in [0.15, 0.2) is 60.9 Å². The first-order valence-corrected chi connectivity index (χ1v) is 17.0. The van der Waals surface area contributed by atoms with Gasteiger partial charge in [-0.15, -0.1) is 0 Å². The van der Waals surface area contributed by atoms with Crippen molar-refractivity contribution in [3.63, 3.8) is 0 Å². The molecule has 0 aliphatic heterocycles. The van der Waals surface area contributed by atoms with Gasteiger partial charge in [0.05, 0.1) is 18.0 Å². The number of carbonyl (C=O) groups is 6. The van der Waals surface area contributed by atoms with Crippen molar-refractivity contribution in [1.29, 1.82) is 0 Å². The van der Waals surface area contributed by atoms with E-state index >= 15 is 0 Å². The Bertz CT molecular complexity index is 1970. The SMILES string of the molecule is CC(C)N.CCOC(=O)C(=O)c1cc(C(=O)Cc2ccc(F)c(C)c2)n(C)c1.Cc1cc(CC(=O)c2cc(C(=O)C(=O)NC(C)C)cn2C)ccc1F. The summed E-state index contributed by atoms with van der Waals surface area (Å²) in [7, 11) is 3.26. The van der Waals surface area contributed by atoms with Crippen LogP contribution in [-0.2, 0) is 41.3 Å². The summed E-state index contributed by atoms with van der Waals surface area (Å²) in [4.78, 5) is 72.3. The molecule has 2 aromatic heterocycles. The van der Waals surface area contributed by atoms with E-state index in [0.29, 0.717) is 39.7 Å². The lowest BCUT2D eigenvalue weighted by Crippen LogP contribution is -2.35. The topological polar surface area (TPSA) is 160 Å². The molecule has 1 amide bonds. The smallest absolute Gasteiger partial charge is 0.379 e. The minimum Gasteiger partial charge on any atom is -0.460 e. The normalized spacial score (nSPS) is 10.5. The first-order chi connectivity index (χ1) is 24.7. The van der Waals surface area contributed by atoms with Gasteiger partial charge in [0.25, 0.3) is 17.5 Å². The Morgan fingerprint density at radius 1 is 0.717 bits per heavy atom. The second-order valence-electron chi connectivity index (χ2n) is 13.1. The molecule has 4 rings (SSSR count). The Labute approximate surface area is 308 Å². The number of benzene rings is 2. The number of nitrogens with zero attached hydrogens (tertiary/aromatic N) is 2. The average molecular weight is 735 g/mol. The highest BCUT2D eigenvalue weighted by Gasteiger charge is 2.23. The number of nitrogens with one attached hydrogen (secondary N) is 1. The number of hydrogen-bond donors (Lipinski definition) is 2. The molecule has 0 atom stereocenters. The van der Waals surface area contributed by atoms with E-state index in [4.69, 9.17) is 5.73 Å². The summed E-state index contributed by atoms with van der Waals surface area (Å²) in [6.45, 7) is 12.4. The van der Waals surface area contributed by atoms with Gasteiger partial charge >= 0.3 is 5.97 Å². The van der Waals surface area contributed by atoms with Crippen LogP contribution in [0.5, 0.6) is 0 Å². The Kier molecular flexibility index (Phi) is 16.4.